The molecule has 0 unspecified atom stereocenters. The fourth-order valence-electron chi connectivity index (χ4n) is 7.24. The highest BCUT2D eigenvalue weighted by Crippen LogP contribution is 2.50. The summed E-state index contributed by atoms with van der Waals surface area (Å²) in [7, 11) is 0. The van der Waals surface area contributed by atoms with E-state index in [1.165, 1.54) is 88.0 Å². The Balaban J connectivity index is 1.39. The minimum absolute atomic E-state index is 1.24. The summed E-state index contributed by atoms with van der Waals surface area (Å²) in [5.74, 6) is 0. The molecule has 0 radical (unpaired) electrons. The monoisotopic (exact) mass is 530 g/mol. The molecule has 0 heterocycles. The van der Waals surface area contributed by atoms with E-state index in [1.807, 2.05) is 0 Å². The van der Waals surface area contributed by atoms with E-state index in [0.717, 1.165) is 0 Å². The van der Waals surface area contributed by atoms with E-state index in [4.69, 9.17) is 0 Å². The van der Waals surface area contributed by atoms with Gasteiger partial charge in [-0.25, -0.2) is 0 Å². The van der Waals surface area contributed by atoms with Gasteiger partial charge in [-0.2, -0.15) is 0 Å². The molecule has 0 spiro atoms. The van der Waals surface area contributed by atoms with Crippen LogP contribution >= 0.6 is 0 Å². The van der Waals surface area contributed by atoms with E-state index in [0.29, 0.717) is 0 Å². The van der Waals surface area contributed by atoms with Crippen LogP contribution < -0.4 is 0 Å². The van der Waals surface area contributed by atoms with Crippen molar-refractivity contribution in [2.24, 2.45) is 0 Å². The van der Waals surface area contributed by atoms with Crippen LogP contribution in [0, 0.1) is 0 Å². The smallest absolute Gasteiger partial charge is 0.00201 e. The molecule has 8 aromatic rings. The Hall–Kier alpha value is -5.46. The van der Waals surface area contributed by atoms with E-state index in [9.17, 15) is 0 Å². The first-order chi connectivity index (χ1) is 20.9. The molecule has 0 fully saturated rings. The van der Waals surface area contributed by atoms with Crippen LogP contribution in [-0.4, -0.2) is 0 Å². The molecule has 1 aliphatic rings. The zero-order valence-corrected chi connectivity index (χ0v) is 23.0. The highest BCUT2D eigenvalue weighted by molar-refractivity contribution is 6.23. The van der Waals surface area contributed by atoms with Crippen molar-refractivity contribution in [3.63, 3.8) is 0 Å². The molecular weight excluding hydrogens is 504 g/mol. The molecule has 9 rings (SSSR count). The van der Waals surface area contributed by atoms with E-state index in [1.54, 1.807) is 0 Å². The van der Waals surface area contributed by atoms with Crippen LogP contribution in [0.2, 0.25) is 0 Å². The van der Waals surface area contributed by atoms with Gasteiger partial charge < -0.3 is 0 Å². The maximum absolute atomic E-state index is 2.43. The molecule has 0 N–H and O–H groups in total. The van der Waals surface area contributed by atoms with E-state index >= 15 is 0 Å². The molecule has 0 saturated heterocycles. The lowest BCUT2D eigenvalue weighted by molar-refractivity contribution is 1.64. The molecule has 194 valence electrons. The van der Waals surface area contributed by atoms with Crippen LogP contribution in [0.5, 0.6) is 0 Å². The Morgan fingerprint density at radius 2 is 0.714 bits per heavy atom. The first-order valence-electron chi connectivity index (χ1n) is 14.6. The fourth-order valence-corrected chi connectivity index (χ4v) is 7.24. The van der Waals surface area contributed by atoms with Gasteiger partial charge in [-0.3, -0.25) is 0 Å². The molecule has 0 aromatic heterocycles. The normalized spacial score (nSPS) is 11.8. The van der Waals surface area contributed by atoms with Crippen LogP contribution in [0.25, 0.3) is 88.0 Å². The molecule has 1 aliphatic carbocycles. The second kappa shape index (κ2) is 9.03. The average molecular weight is 531 g/mol. The highest BCUT2D eigenvalue weighted by atomic mass is 14.3. The SMILES string of the molecule is c1ccc(-c2c3ccccc3c(-c3ccccc3)c3cc(-c4ccc5c6c(cccc46)-c4ccccc4-5)ccc23)cc1. The van der Waals surface area contributed by atoms with Crippen molar-refractivity contribution >= 4 is 32.3 Å². The number of hydrogen-bond acceptors (Lipinski definition) is 0. The molecule has 0 heteroatoms. The summed E-state index contributed by atoms with van der Waals surface area (Å²) in [6.45, 7) is 0. The summed E-state index contributed by atoms with van der Waals surface area (Å²) in [5, 5.41) is 7.80. The van der Waals surface area contributed by atoms with Gasteiger partial charge in [-0.1, -0.05) is 152 Å². The van der Waals surface area contributed by atoms with Crippen molar-refractivity contribution in [1.82, 2.24) is 0 Å². The van der Waals surface area contributed by atoms with Gasteiger partial charge in [0.15, 0.2) is 0 Å². The van der Waals surface area contributed by atoms with Crippen molar-refractivity contribution in [3.8, 4) is 55.6 Å². The summed E-state index contributed by atoms with van der Waals surface area (Å²) in [6.07, 6.45) is 0. The average Bonchev–Trinajstić information content (AvgIpc) is 3.39. The molecule has 8 aromatic carbocycles. The van der Waals surface area contributed by atoms with Gasteiger partial charge in [-0.15, -0.1) is 0 Å². The summed E-state index contributed by atoms with van der Waals surface area (Å²) in [5.41, 5.74) is 12.9. The minimum atomic E-state index is 1.24. The summed E-state index contributed by atoms with van der Waals surface area (Å²) >= 11 is 0. The predicted octanol–water partition coefficient (Wildman–Crippen LogP) is 11.8. The van der Waals surface area contributed by atoms with E-state index in [-0.39, 0.29) is 0 Å². The van der Waals surface area contributed by atoms with Crippen LogP contribution in [-0.2, 0) is 0 Å². The van der Waals surface area contributed by atoms with Crippen LogP contribution in [0.15, 0.2) is 158 Å². The number of fused-ring (bicyclic) bond motifs is 5. The lowest BCUT2D eigenvalue weighted by atomic mass is 9.84. The second-order valence-electron chi connectivity index (χ2n) is 11.2. The first kappa shape index (κ1) is 23.3. The lowest BCUT2D eigenvalue weighted by Gasteiger charge is -2.19. The van der Waals surface area contributed by atoms with E-state index in [2.05, 4.69) is 158 Å². The Kier molecular flexibility index (Phi) is 5.00. The predicted molar refractivity (Wildman–Crippen MR) is 180 cm³/mol. The van der Waals surface area contributed by atoms with Gasteiger partial charge in [0.05, 0.1) is 0 Å². The third kappa shape index (κ3) is 3.30. The van der Waals surface area contributed by atoms with Gasteiger partial charge in [0.1, 0.15) is 0 Å². The number of hydrogen-bond donors (Lipinski definition) is 0. The Morgan fingerprint density at radius 1 is 0.238 bits per heavy atom. The Labute approximate surface area is 245 Å². The maximum atomic E-state index is 2.43. The zero-order chi connectivity index (χ0) is 27.6. The zero-order valence-electron chi connectivity index (χ0n) is 23.0. The lowest BCUT2D eigenvalue weighted by Crippen LogP contribution is -1.92. The number of rotatable bonds is 3. The topological polar surface area (TPSA) is 0 Å². The molecule has 0 nitrogen and oxygen atoms in total. The minimum Gasteiger partial charge on any atom is -0.0622 e. The molecular formula is C42H26. The second-order valence-corrected chi connectivity index (χ2v) is 11.2. The molecule has 0 atom stereocenters. The first-order valence-corrected chi connectivity index (χ1v) is 14.6. The summed E-state index contributed by atoms with van der Waals surface area (Å²) in [6, 6.07) is 57.9. The quantitative estimate of drug-likeness (QED) is 0.199. The molecule has 0 bridgehead atoms. The van der Waals surface area contributed by atoms with Crippen LogP contribution in [0.3, 0.4) is 0 Å². The molecule has 0 amide bonds. The van der Waals surface area contributed by atoms with Gasteiger partial charge >= 0.3 is 0 Å². The highest BCUT2D eigenvalue weighted by Gasteiger charge is 2.23. The fraction of sp³-hybridized carbons (Fsp3) is 0. The van der Waals surface area contributed by atoms with Gasteiger partial charge in [0.25, 0.3) is 0 Å². The molecule has 42 heavy (non-hydrogen) atoms. The third-order valence-electron chi connectivity index (χ3n) is 9.01. The van der Waals surface area contributed by atoms with Crippen molar-refractivity contribution in [2.45, 2.75) is 0 Å². The van der Waals surface area contributed by atoms with E-state index < -0.39 is 0 Å². The van der Waals surface area contributed by atoms with Crippen molar-refractivity contribution in [3.05, 3.63) is 158 Å². The summed E-state index contributed by atoms with van der Waals surface area (Å²) < 4.78 is 0. The van der Waals surface area contributed by atoms with Crippen molar-refractivity contribution in [2.75, 3.05) is 0 Å². The Morgan fingerprint density at radius 3 is 1.38 bits per heavy atom. The summed E-state index contributed by atoms with van der Waals surface area (Å²) in [4.78, 5) is 0. The van der Waals surface area contributed by atoms with Gasteiger partial charge in [0, 0.05) is 0 Å². The van der Waals surface area contributed by atoms with Gasteiger partial charge in [0.2, 0.25) is 0 Å². The molecule has 0 aliphatic heterocycles. The largest absolute Gasteiger partial charge is 0.0622 e. The third-order valence-corrected chi connectivity index (χ3v) is 9.01. The van der Waals surface area contributed by atoms with Crippen LogP contribution in [0.1, 0.15) is 0 Å². The standard InChI is InChI=1S/C42H26/c1-3-12-27(13-4-1)40-35-18-9-10-19-36(35)41(28-14-5-2-6-15-28)39-26-29(22-23-38(39)40)30-24-25-37-32-17-8-7-16-31(32)34-21-11-20-33(30)42(34)37/h1-26H. The Bertz CT molecular complexity index is 2300. The maximum Gasteiger partial charge on any atom is -0.00201 e. The van der Waals surface area contributed by atoms with Crippen molar-refractivity contribution < 1.29 is 0 Å². The van der Waals surface area contributed by atoms with Crippen molar-refractivity contribution in [1.29, 1.82) is 0 Å². The molecule has 0 saturated carbocycles. The van der Waals surface area contributed by atoms with Crippen LogP contribution in [0.4, 0.5) is 0 Å². The van der Waals surface area contributed by atoms with Gasteiger partial charge in [-0.05, 0) is 94.0 Å². The number of benzene rings is 8.